The number of rotatable bonds is 21. The van der Waals surface area contributed by atoms with E-state index in [1.54, 1.807) is 24.4 Å². The lowest BCUT2D eigenvalue weighted by atomic mass is 9.97. The third-order valence-electron chi connectivity index (χ3n) is 12.0. The summed E-state index contributed by atoms with van der Waals surface area (Å²) in [5.41, 5.74) is 9.71. The minimum absolute atomic E-state index is 0.129. The summed E-state index contributed by atoms with van der Waals surface area (Å²) in [6.45, 7) is 1.77. The Labute approximate surface area is 424 Å². The SMILES string of the molecule is O=C(NN=Cc1c2ccccc2cc2ccccc12)c1cc(OCc2cc(OCc3ccccc3)cc(OCc3ccccc3)c2)cc(OCc2cc(OCc3ccccc3)cc(OCc3ccccc3)c2)c1. The van der Waals surface area contributed by atoms with E-state index in [0.29, 0.717) is 60.9 Å². The Kier molecular flexibility index (Phi) is 15.2. The molecule has 10 rings (SSSR count). The first-order valence-corrected chi connectivity index (χ1v) is 24.1. The van der Waals surface area contributed by atoms with Gasteiger partial charge in [-0.1, -0.05) is 170 Å². The van der Waals surface area contributed by atoms with Gasteiger partial charge >= 0.3 is 0 Å². The standard InChI is InChI=1S/C64H52N2O7/c67-64(66-65-39-63-61-27-15-13-25-52(61)33-53-26-14-16-28-62(53)63)54-34-59(72-44-50-29-55(68-40-46-17-5-1-6-18-46)36-56(30-50)69-41-47-19-7-2-8-20-47)38-60(35-54)73-45-51-31-57(70-42-48-21-9-3-10-22-48)37-58(32-51)71-43-49-23-11-4-12-24-49/h1-39H,40-45H2,(H,66,67). The van der Waals surface area contributed by atoms with E-state index in [4.69, 9.17) is 28.4 Å². The Hall–Kier alpha value is -9.34. The average Bonchev–Trinajstić information content (AvgIpc) is 3.44. The molecule has 0 saturated heterocycles. The van der Waals surface area contributed by atoms with Gasteiger partial charge in [-0.3, -0.25) is 4.79 Å². The minimum Gasteiger partial charge on any atom is -0.489 e. The van der Waals surface area contributed by atoms with Crippen molar-refractivity contribution in [3.8, 4) is 34.5 Å². The van der Waals surface area contributed by atoms with Gasteiger partial charge in [0.15, 0.2) is 0 Å². The van der Waals surface area contributed by atoms with Gasteiger partial charge in [0.1, 0.15) is 74.1 Å². The van der Waals surface area contributed by atoms with Gasteiger partial charge in [0, 0.05) is 29.3 Å². The van der Waals surface area contributed by atoms with E-state index in [0.717, 1.165) is 60.5 Å². The summed E-state index contributed by atoms with van der Waals surface area (Å²) in [6.07, 6.45) is 1.70. The van der Waals surface area contributed by atoms with E-state index in [9.17, 15) is 4.79 Å². The van der Waals surface area contributed by atoms with E-state index in [2.05, 4.69) is 40.9 Å². The summed E-state index contributed by atoms with van der Waals surface area (Å²) in [6, 6.07) is 75.1. The maximum absolute atomic E-state index is 14.1. The number of carbonyl (C=O) groups is 1. The first-order valence-electron chi connectivity index (χ1n) is 24.1. The van der Waals surface area contributed by atoms with Crippen LogP contribution in [0.15, 0.2) is 236 Å². The molecule has 0 radical (unpaired) electrons. The molecule has 0 aliphatic carbocycles. The molecule has 1 amide bonds. The summed E-state index contributed by atoms with van der Waals surface area (Å²) >= 11 is 0. The molecule has 0 unspecified atom stereocenters. The zero-order valence-corrected chi connectivity index (χ0v) is 40.1. The van der Waals surface area contributed by atoms with Gasteiger partial charge in [-0.25, -0.2) is 5.43 Å². The number of nitrogens with zero attached hydrogens (tertiary/aromatic N) is 1. The highest BCUT2D eigenvalue weighted by atomic mass is 16.5. The second kappa shape index (κ2) is 23.5. The molecule has 0 atom stereocenters. The molecular formula is C64H52N2O7. The number of benzene rings is 10. The maximum atomic E-state index is 14.1. The molecule has 0 aliphatic rings. The molecule has 0 fully saturated rings. The van der Waals surface area contributed by atoms with Crippen LogP contribution >= 0.6 is 0 Å². The maximum Gasteiger partial charge on any atom is 0.271 e. The van der Waals surface area contributed by atoms with Crippen LogP contribution in [0, 0.1) is 0 Å². The van der Waals surface area contributed by atoms with Gasteiger partial charge < -0.3 is 28.4 Å². The molecular weight excluding hydrogens is 909 g/mol. The van der Waals surface area contributed by atoms with Crippen molar-refractivity contribution < 1.29 is 33.2 Å². The first-order chi connectivity index (χ1) is 36.0. The topological polar surface area (TPSA) is 96.8 Å². The van der Waals surface area contributed by atoms with E-state index in [1.807, 2.05) is 182 Å². The van der Waals surface area contributed by atoms with Crippen LogP contribution in [0.25, 0.3) is 21.5 Å². The van der Waals surface area contributed by atoms with Crippen molar-refractivity contribution in [2.75, 3.05) is 0 Å². The van der Waals surface area contributed by atoms with E-state index >= 15 is 0 Å². The van der Waals surface area contributed by atoms with Crippen molar-refractivity contribution in [2.45, 2.75) is 39.6 Å². The Morgan fingerprint density at radius 3 is 1.00 bits per heavy atom. The van der Waals surface area contributed by atoms with Crippen LogP contribution < -0.4 is 33.8 Å². The fourth-order valence-electron chi connectivity index (χ4n) is 8.34. The summed E-state index contributed by atoms with van der Waals surface area (Å²) in [7, 11) is 0. The number of hydrogen-bond donors (Lipinski definition) is 1. The number of hydrazone groups is 1. The molecule has 360 valence electrons. The van der Waals surface area contributed by atoms with Crippen LogP contribution in [0.4, 0.5) is 0 Å². The fourth-order valence-corrected chi connectivity index (χ4v) is 8.34. The Bertz CT molecular complexity index is 3130. The van der Waals surface area contributed by atoms with E-state index in [1.165, 1.54) is 0 Å². The zero-order valence-electron chi connectivity index (χ0n) is 40.1. The Morgan fingerprint density at radius 2 is 0.644 bits per heavy atom. The number of amides is 1. The third-order valence-corrected chi connectivity index (χ3v) is 12.0. The van der Waals surface area contributed by atoms with Crippen molar-refractivity contribution in [1.82, 2.24) is 5.43 Å². The third kappa shape index (κ3) is 13.1. The summed E-state index contributed by atoms with van der Waals surface area (Å²) in [4.78, 5) is 14.1. The molecule has 73 heavy (non-hydrogen) atoms. The Morgan fingerprint density at radius 1 is 0.342 bits per heavy atom. The first kappa shape index (κ1) is 47.3. The van der Waals surface area contributed by atoms with Gasteiger partial charge in [-0.05, 0) is 97.4 Å². The lowest BCUT2D eigenvalue weighted by Gasteiger charge is -2.16. The van der Waals surface area contributed by atoms with Crippen LogP contribution in [-0.2, 0) is 39.6 Å². The molecule has 9 nitrogen and oxygen atoms in total. The van der Waals surface area contributed by atoms with Crippen LogP contribution in [-0.4, -0.2) is 12.1 Å². The van der Waals surface area contributed by atoms with Gasteiger partial charge in [0.25, 0.3) is 5.91 Å². The van der Waals surface area contributed by atoms with Gasteiger partial charge in [-0.15, -0.1) is 0 Å². The zero-order chi connectivity index (χ0) is 49.4. The van der Waals surface area contributed by atoms with Gasteiger partial charge in [-0.2, -0.15) is 5.10 Å². The van der Waals surface area contributed by atoms with Crippen molar-refractivity contribution in [3.05, 3.63) is 275 Å². The molecule has 0 bridgehead atoms. The quantitative estimate of drug-likeness (QED) is 0.0435. The highest BCUT2D eigenvalue weighted by Gasteiger charge is 2.14. The second-order valence-electron chi connectivity index (χ2n) is 17.4. The molecule has 0 aliphatic heterocycles. The van der Waals surface area contributed by atoms with Crippen LogP contribution in [0.1, 0.15) is 49.3 Å². The molecule has 1 N–H and O–H groups in total. The lowest BCUT2D eigenvalue weighted by molar-refractivity contribution is 0.0954. The molecule has 10 aromatic carbocycles. The van der Waals surface area contributed by atoms with E-state index < -0.39 is 5.91 Å². The van der Waals surface area contributed by atoms with Gasteiger partial charge in [0.05, 0.1) is 6.21 Å². The van der Waals surface area contributed by atoms with Crippen molar-refractivity contribution in [2.24, 2.45) is 5.10 Å². The number of carbonyl (C=O) groups excluding carboxylic acids is 1. The number of hydrogen-bond acceptors (Lipinski definition) is 8. The van der Waals surface area contributed by atoms with Crippen LogP contribution in [0.2, 0.25) is 0 Å². The monoisotopic (exact) mass is 960 g/mol. The van der Waals surface area contributed by atoms with Crippen LogP contribution in [0.3, 0.4) is 0 Å². The molecule has 0 spiro atoms. The number of fused-ring (bicyclic) bond motifs is 2. The van der Waals surface area contributed by atoms with Gasteiger partial charge in [0.2, 0.25) is 0 Å². The highest BCUT2D eigenvalue weighted by Crippen LogP contribution is 2.31. The van der Waals surface area contributed by atoms with Crippen LogP contribution in [0.5, 0.6) is 34.5 Å². The smallest absolute Gasteiger partial charge is 0.271 e. The fraction of sp³-hybridized carbons (Fsp3) is 0.0938. The second-order valence-corrected chi connectivity index (χ2v) is 17.4. The number of nitrogens with one attached hydrogen (secondary N) is 1. The molecule has 0 saturated carbocycles. The summed E-state index contributed by atoms with van der Waals surface area (Å²) < 4.78 is 38.2. The lowest BCUT2D eigenvalue weighted by Crippen LogP contribution is -2.18. The number of ether oxygens (including phenoxy) is 6. The summed E-state index contributed by atoms with van der Waals surface area (Å²) in [5.74, 6) is 2.88. The predicted molar refractivity (Wildman–Crippen MR) is 288 cm³/mol. The molecule has 0 heterocycles. The van der Waals surface area contributed by atoms with E-state index in [-0.39, 0.29) is 18.8 Å². The predicted octanol–water partition coefficient (Wildman–Crippen LogP) is 14.2. The summed E-state index contributed by atoms with van der Waals surface area (Å²) in [5, 5.41) is 8.70. The molecule has 0 aromatic heterocycles. The van der Waals surface area contributed by atoms with Crippen molar-refractivity contribution in [1.29, 1.82) is 0 Å². The average molecular weight is 961 g/mol. The molecule has 9 heteroatoms. The minimum atomic E-state index is -0.447. The Balaban J connectivity index is 0.925. The van der Waals surface area contributed by atoms with Crippen molar-refractivity contribution >= 4 is 33.7 Å². The highest BCUT2D eigenvalue weighted by molar-refractivity contribution is 6.13. The normalized spacial score (nSPS) is 11.1. The largest absolute Gasteiger partial charge is 0.489 e. The molecule has 10 aromatic rings. The van der Waals surface area contributed by atoms with Crippen molar-refractivity contribution in [3.63, 3.8) is 0 Å².